The third-order valence-electron chi connectivity index (χ3n) is 3.13. The number of carboxylic acid groups (broad SMARTS) is 1. The van der Waals surface area contributed by atoms with E-state index in [4.69, 9.17) is 9.84 Å². The lowest BCUT2D eigenvalue weighted by Crippen LogP contribution is -2.22. The van der Waals surface area contributed by atoms with Gasteiger partial charge in [0.25, 0.3) is 0 Å². The molecule has 0 spiro atoms. The number of hydrogen-bond acceptors (Lipinski definition) is 5. The first-order valence-electron chi connectivity index (χ1n) is 6.99. The maximum absolute atomic E-state index is 12.1. The molecule has 1 atom stereocenters. The summed E-state index contributed by atoms with van der Waals surface area (Å²) in [6, 6.07) is 5.13. The molecule has 5 nitrogen and oxygen atoms in total. The summed E-state index contributed by atoms with van der Waals surface area (Å²) in [5.74, 6) is 2.79. The fourth-order valence-corrected chi connectivity index (χ4v) is 4.75. The number of thioether (sulfide) groups is 2. The lowest BCUT2D eigenvalue weighted by molar-refractivity contribution is -0.139. The number of hydrogen-bond donors (Lipinski definition) is 2. The van der Waals surface area contributed by atoms with E-state index in [2.05, 4.69) is 5.32 Å². The Morgan fingerprint density at radius 2 is 2.23 bits per heavy atom. The second-order valence-electron chi connectivity index (χ2n) is 4.98. The number of aliphatic carboxylic acids is 1. The van der Waals surface area contributed by atoms with Crippen LogP contribution in [0.25, 0.3) is 0 Å². The van der Waals surface area contributed by atoms with Gasteiger partial charge in [-0.05, 0) is 30.7 Å². The van der Waals surface area contributed by atoms with Crippen molar-refractivity contribution in [2.45, 2.75) is 18.6 Å². The molecular weight excluding hydrogens is 322 g/mol. The molecule has 1 unspecified atom stereocenters. The summed E-state index contributed by atoms with van der Waals surface area (Å²) in [7, 11) is 0. The van der Waals surface area contributed by atoms with Crippen molar-refractivity contribution in [3.63, 3.8) is 0 Å². The molecular formula is C15H19NO4S2. The summed E-state index contributed by atoms with van der Waals surface area (Å²) in [4.78, 5) is 22.6. The molecule has 0 radical (unpaired) electrons. The molecule has 1 amide bonds. The quantitative estimate of drug-likeness (QED) is 0.828. The Kier molecular flexibility index (Phi) is 6.45. The number of anilines is 1. The van der Waals surface area contributed by atoms with E-state index < -0.39 is 5.97 Å². The number of nitrogens with one attached hydrogen (secondary N) is 1. The average Bonchev–Trinajstić information content (AvgIpc) is 2.48. The summed E-state index contributed by atoms with van der Waals surface area (Å²) >= 11 is 3.76. The van der Waals surface area contributed by atoms with E-state index in [9.17, 15) is 9.59 Å². The van der Waals surface area contributed by atoms with E-state index in [-0.39, 0.29) is 12.5 Å². The molecule has 0 saturated carbocycles. The molecule has 1 aromatic carbocycles. The van der Waals surface area contributed by atoms with Gasteiger partial charge < -0.3 is 15.2 Å². The van der Waals surface area contributed by atoms with Crippen LogP contribution < -0.4 is 10.1 Å². The van der Waals surface area contributed by atoms with Crippen molar-refractivity contribution in [1.82, 2.24) is 0 Å². The largest absolute Gasteiger partial charge is 0.482 e. The highest BCUT2D eigenvalue weighted by atomic mass is 32.2. The Labute approximate surface area is 138 Å². The van der Waals surface area contributed by atoms with Crippen LogP contribution in [0, 0.1) is 6.92 Å². The van der Waals surface area contributed by atoms with Gasteiger partial charge in [-0.1, -0.05) is 0 Å². The molecule has 22 heavy (non-hydrogen) atoms. The van der Waals surface area contributed by atoms with Crippen molar-refractivity contribution in [3.05, 3.63) is 23.8 Å². The van der Waals surface area contributed by atoms with Crippen LogP contribution in [-0.2, 0) is 9.59 Å². The molecule has 0 bridgehead atoms. The van der Waals surface area contributed by atoms with Gasteiger partial charge in [-0.25, -0.2) is 4.79 Å². The van der Waals surface area contributed by atoms with Crippen LogP contribution in [-0.4, -0.2) is 46.1 Å². The zero-order chi connectivity index (χ0) is 15.9. The van der Waals surface area contributed by atoms with Crippen LogP contribution in [0.2, 0.25) is 0 Å². The Morgan fingerprint density at radius 1 is 1.41 bits per heavy atom. The van der Waals surface area contributed by atoms with Gasteiger partial charge >= 0.3 is 5.97 Å². The normalized spacial score (nSPS) is 17.8. The Hall–Kier alpha value is -1.34. The summed E-state index contributed by atoms with van der Waals surface area (Å²) < 4.78 is 5.11. The highest BCUT2D eigenvalue weighted by Gasteiger charge is 2.18. The van der Waals surface area contributed by atoms with Crippen LogP contribution in [0.15, 0.2) is 18.2 Å². The number of amides is 1. The summed E-state index contributed by atoms with van der Waals surface area (Å²) in [6.45, 7) is 1.48. The van der Waals surface area contributed by atoms with Crippen LogP contribution in [0.1, 0.15) is 12.0 Å². The number of aryl methyl sites for hydroxylation is 1. The SMILES string of the molecule is Cc1cc(OCC(=O)O)ccc1NC(=O)CC1CSCCS1. The number of benzene rings is 1. The lowest BCUT2D eigenvalue weighted by atomic mass is 10.2. The summed E-state index contributed by atoms with van der Waals surface area (Å²) in [5.41, 5.74) is 1.59. The lowest BCUT2D eigenvalue weighted by Gasteiger charge is -2.20. The van der Waals surface area contributed by atoms with Crippen LogP contribution in [0.5, 0.6) is 5.75 Å². The zero-order valence-corrected chi connectivity index (χ0v) is 14.0. The second-order valence-corrected chi connectivity index (χ2v) is 7.54. The molecule has 0 aromatic heterocycles. The maximum atomic E-state index is 12.1. The van der Waals surface area contributed by atoms with E-state index >= 15 is 0 Å². The van der Waals surface area contributed by atoms with Gasteiger partial charge in [0.15, 0.2) is 6.61 Å². The van der Waals surface area contributed by atoms with Gasteiger partial charge in [-0.2, -0.15) is 23.5 Å². The fraction of sp³-hybridized carbons (Fsp3) is 0.467. The summed E-state index contributed by atoms with van der Waals surface area (Å²) in [6.07, 6.45) is 0.522. The molecule has 1 saturated heterocycles. The van der Waals surface area contributed by atoms with Crippen molar-refractivity contribution >= 4 is 41.1 Å². The molecule has 1 aromatic rings. The third kappa shape index (κ3) is 5.46. The van der Waals surface area contributed by atoms with E-state index in [1.54, 1.807) is 18.2 Å². The molecule has 2 N–H and O–H groups in total. The van der Waals surface area contributed by atoms with Gasteiger partial charge in [0.2, 0.25) is 5.91 Å². The van der Waals surface area contributed by atoms with E-state index in [0.29, 0.717) is 17.4 Å². The zero-order valence-electron chi connectivity index (χ0n) is 12.3. The van der Waals surface area contributed by atoms with Crippen molar-refractivity contribution < 1.29 is 19.4 Å². The minimum Gasteiger partial charge on any atom is -0.482 e. The number of carbonyl (C=O) groups excluding carboxylic acids is 1. The topological polar surface area (TPSA) is 75.6 Å². The Morgan fingerprint density at radius 3 is 2.86 bits per heavy atom. The second kappa shape index (κ2) is 8.33. The minimum absolute atomic E-state index is 0.0160. The van der Waals surface area contributed by atoms with E-state index in [1.807, 2.05) is 30.4 Å². The monoisotopic (exact) mass is 341 g/mol. The number of ether oxygens (including phenoxy) is 1. The maximum Gasteiger partial charge on any atom is 0.341 e. The molecule has 1 aliphatic rings. The Bertz CT molecular complexity index is 544. The predicted molar refractivity (Wildman–Crippen MR) is 91.1 cm³/mol. The molecule has 1 heterocycles. The van der Waals surface area contributed by atoms with Gasteiger partial charge in [0.05, 0.1) is 0 Å². The van der Waals surface area contributed by atoms with E-state index in [0.717, 1.165) is 22.8 Å². The number of carboxylic acids is 1. The fourth-order valence-electron chi connectivity index (χ4n) is 2.07. The Balaban J connectivity index is 1.88. The highest BCUT2D eigenvalue weighted by Crippen LogP contribution is 2.27. The first kappa shape index (κ1) is 17.0. The molecule has 120 valence electrons. The van der Waals surface area contributed by atoms with Gasteiger partial charge in [0.1, 0.15) is 5.75 Å². The summed E-state index contributed by atoms with van der Waals surface area (Å²) in [5, 5.41) is 11.9. The van der Waals surface area contributed by atoms with Crippen molar-refractivity contribution in [2.24, 2.45) is 0 Å². The highest BCUT2D eigenvalue weighted by molar-refractivity contribution is 8.06. The predicted octanol–water partition coefficient (Wildman–Crippen LogP) is 2.64. The smallest absolute Gasteiger partial charge is 0.341 e. The minimum atomic E-state index is -1.02. The third-order valence-corrected chi connectivity index (χ3v) is 5.98. The number of rotatable bonds is 6. The van der Waals surface area contributed by atoms with Gasteiger partial charge in [0, 0.05) is 34.6 Å². The van der Waals surface area contributed by atoms with Crippen molar-refractivity contribution in [2.75, 3.05) is 29.2 Å². The molecule has 1 aliphatic heterocycles. The van der Waals surface area contributed by atoms with Crippen molar-refractivity contribution in [1.29, 1.82) is 0 Å². The van der Waals surface area contributed by atoms with Crippen LogP contribution in [0.4, 0.5) is 5.69 Å². The first-order valence-corrected chi connectivity index (χ1v) is 9.19. The van der Waals surface area contributed by atoms with Crippen LogP contribution >= 0.6 is 23.5 Å². The molecule has 2 rings (SSSR count). The molecule has 7 heteroatoms. The number of carbonyl (C=O) groups is 2. The average molecular weight is 341 g/mol. The first-order chi connectivity index (χ1) is 10.5. The molecule has 1 fully saturated rings. The van der Waals surface area contributed by atoms with Gasteiger partial charge in [-0.15, -0.1) is 0 Å². The van der Waals surface area contributed by atoms with Gasteiger partial charge in [-0.3, -0.25) is 4.79 Å². The van der Waals surface area contributed by atoms with E-state index in [1.165, 1.54) is 5.75 Å². The van der Waals surface area contributed by atoms with Crippen molar-refractivity contribution in [3.8, 4) is 5.75 Å². The standard InChI is InChI=1S/C15H19NO4S2/c1-10-6-11(20-8-15(18)19)2-3-13(10)16-14(17)7-12-9-21-4-5-22-12/h2-3,6,12H,4-5,7-9H2,1H3,(H,16,17)(H,18,19). The molecule has 0 aliphatic carbocycles. The van der Waals surface area contributed by atoms with Crippen LogP contribution in [0.3, 0.4) is 0 Å².